The van der Waals surface area contributed by atoms with Crippen LogP contribution in [0.1, 0.15) is 112 Å². The number of hydrogen-bond donors (Lipinski definition) is 2. The number of fused-ring (bicyclic) bond motifs is 8. The average Bonchev–Trinajstić information content (AvgIpc) is 3.56. The Bertz CT molecular complexity index is 1770. The van der Waals surface area contributed by atoms with Gasteiger partial charge in [-0.1, -0.05) is 34.6 Å². The summed E-state index contributed by atoms with van der Waals surface area (Å²) in [7, 11) is 0. The van der Waals surface area contributed by atoms with Gasteiger partial charge in [0.1, 0.15) is 0 Å². The lowest BCUT2D eigenvalue weighted by Gasteiger charge is -2.32. The molecule has 3 aliphatic rings. The van der Waals surface area contributed by atoms with E-state index in [2.05, 4.69) is 90.5 Å². The highest BCUT2D eigenvalue weighted by atomic mass is 14.8. The van der Waals surface area contributed by atoms with Crippen molar-refractivity contribution in [3.63, 3.8) is 0 Å². The Morgan fingerprint density at radius 2 is 1.21 bits per heavy atom. The molecule has 2 N–H and O–H groups in total. The summed E-state index contributed by atoms with van der Waals surface area (Å²) in [4.78, 5) is 18.3. The lowest BCUT2D eigenvalue weighted by Crippen LogP contribution is -2.22. The number of H-pyrrole nitrogens is 2. The number of allylic oxidation sites excluding steroid dienone is 4. The van der Waals surface area contributed by atoms with Crippen molar-refractivity contribution >= 4 is 44.4 Å². The van der Waals surface area contributed by atoms with Gasteiger partial charge >= 0.3 is 0 Å². The largest absolute Gasteiger partial charge is 0.355 e. The lowest BCUT2D eigenvalue weighted by atomic mass is 9.72. The Morgan fingerprint density at radius 3 is 1.74 bits per heavy atom. The molecule has 0 spiro atoms. The number of nitrogens with zero attached hydrogens (tertiary/aromatic N) is 2. The van der Waals surface area contributed by atoms with Gasteiger partial charge in [0.2, 0.25) is 0 Å². The molecule has 4 heteroatoms. The van der Waals surface area contributed by atoms with Gasteiger partial charge in [0.15, 0.2) is 0 Å². The van der Waals surface area contributed by atoms with Crippen LogP contribution in [0.5, 0.6) is 0 Å². The molecule has 0 radical (unpaired) electrons. The number of aromatic amines is 2. The second kappa shape index (κ2) is 9.08. The van der Waals surface area contributed by atoms with Crippen molar-refractivity contribution in [2.75, 3.05) is 0 Å². The van der Waals surface area contributed by atoms with E-state index < -0.39 is 0 Å². The number of hydrogen-bond acceptors (Lipinski definition) is 2. The molecule has 1 aliphatic carbocycles. The normalized spacial score (nSPS) is 16.4. The molecule has 202 valence electrons. The molecule has 3 aromatic heterocycles. The topological polar surface area (TPSA) is 57.4 Å². The third kappa shape index (κ3) is 3.94. The van der Waals surface area contributed by atoms with Gasteiger partial charge < -0.3 is 9.97 Å². The zero-order valence-electron chi connectivity index (χ0n) is 25.2. The van der Waals surface area contributed by atoms with Crippen molar-refractivity contribution in [2.45, 2.75) is 94.4 Å². The van der Waals surface area contributed by atoms with E-state index in [9.17, 15) is 0 Å². The third-order valence-corrected chi connectivity index (χ3v) is 9.41. The van der Waals surface area contributed by atoms with Crippen LogP contribution in [0.4, 0.5) is 0 Å². The third-order valence-electron chi connectivity index (χ3n) is 9.41. The van der Waals surface area contributed by atoms with E-state index >= 15 is 0 Å². The second-order valence-electron chi connectivity index (χ2n) is 12.5. The van der Waals surface area contributed by atoms with Gasteiger partial charge in [-0.3, -0.25) is 0 Å². The summed E-state index contributed by atoms with van der Waals surface area (Å²) in [5.74, 6) is 0. The average molecular weight is 519 g/mol. The molecule has 2 aliphatic heterocycles. The molecule has 0 saturated carbocycles. The van der Waals surface area contributed by atoms with Crippen LogP contribution in [0.15, 0.2) is 18.2 Å². The van der Waals surface area contributed by atoms with E-state index in [1.54, 1.807) is 0 Å². The van der Waals surface area contributed by atoms with Crippen molar-refractivity contribution in [3.05, 3.63) is 68.8 Å². The standard InChI is InChI=1S/C35H42N4/c1-10-22-18(4)27-13-29-20(6)24(12-3)33(38-29)26-17-35(8,9)16-25-21(7)30(39-34(25)26)14-28-19(5)23(11-2)32(37-28)15-31(22)36-27/h13-15,36-37H,10-12,16-17H2,1-9H3. The molecular formula is C35H42N4. The summed E-state index contributed by atoms with van der Waals surface area (Å²) >= 11 is 0. The quantitative estimate of drug-likeness (QED) is 0.363. The van der Waals surface area contributed by atoms with Crippen LogP contribution >= 0.6 is 0 Å². The summed E-state index contributed by atoms with van der Waals surface area (Å²) in [6, 6.07) is 6.88. The van der Waals surface area contributed by atoms with Crippen LogP contribution in [0, 0.1) is 19.3 Å². The number of aryl methyl sites for hydroxylation is 4. The molecule has 3 aromatic rings. The first-order valence-electron chi connectivity index (χ1n) is 14.7. The van der Waals surface area contributed by atoms with Gasteiger partial charge in [0.25, 0.3) is 0 Å². The first-order valence-corrected chi connectivity index (χ1v) is 14.7. The molecule has 0 saturated heterocycles. The van der Waals surface area contributed by atoms with Gasteiger partial charge in [-0.05, 0) is 128 Å². The van der Waals surface area contributed by atoms with Crippen molar-refractivity contribution in [1.29, 1.82) is 0 Å². The zero-order valence-corrected chi connectivity index (χ0v) is 25.2. The zero-order chi connectivity index (χ0) is 27.8. The fourth-order valence-electron chi connectivity index (χ4n) is 7.16. The van der Waals surface area contributed by atoms with Crippen molar-refractivity contribution in [1.82, 2.24) is 19.9 Å². The molecule has 0 atom stereocenters. The maximum absolute atomic E-state index is 5.37. The predicted octanol–water partition coefficient (Wildman–Crippen LogP) is 9.30. The van der Waals surface area contributed by atoms with Gasteiger partial charge in [0, 0.05) is 27.6 Å². The Labute approximate surface area is 232 Å². The van der Waals surface area contributed by atoms with Crippen LogP contribution in [0.2, 0.25) is 0 Å². The second-order valence-corrected chi connectivity index (χ2v) is 12.5. The Balaban J connectivity index is 1.85. The monoisotopic (exact) mass is 518 g/mol. The number of nitrogens with one attached hydrogen (secondary N) is 2. The van der Waals surface area contributed by atoms with E-state index in [1.165, 1.54) is 66.8 Å². The SMILES string of the molecule is CCC1=C(C)c2cc3[nH]c(cc4[nH]c(cc5nc6c(c1n2)CC(C)(C)CC6=C5C)c(C)c4CC)c(CC)c3C. The molecule has 4 nitrogen and oxygen atoms in total. The van der Waals surface area contributed by atoms with Crippen LogP contribution < -0.4 is 0 Å². The summed E-state index contributed by atoms with van der Waals surface area (Å²) in [5.41, 5.74) is 21.4. The van der Waals surface area contributed by atoms with Gasteiger partial charge in [-0.25, -0.2) is 9.97 Å². The molecular weight excluding hydrogens is 476 g/mol. The summed E-state index contributed by atoms with van der Waals surface area (Å²) in [5, 5.41) is 0. The Kier molecular flexibility index (Phi) is 6.02. The fourth-order valence-corrected chi connectivity index (χ4v) is 7.16. The lowest BCUT2D eigenvalue weighted by molar-refractivity contribution is 0.364. The minimum atomic E-state index is 0.159. The van der Waals surface area contributed by atoms with E-state index in [1.807, 2.05) is 0 Å². The predicted molar refractivity (Wildman–Crippen MR) is 167 cm³/mol. The molecule has 0 aromatic carbocycles. The smallest absolute Gasteiger partial charge is 0.0726 e. The van der Waals surface area contributed by atoms with Crippen molar-refractivity contribution in [2.24, 2.45) is 5.41 Å². The molecule has 0 fully saturated rings. The van der Waals surface area contributed by atoms with Gasteiger partial charge in [-0.2, -0.15) is 0 Å². The first kappa shape index (κ1) is 25.9. The van der Waals surface area contributed by atoms with E-state index in [4.69, 9.17) is 9.97 Å². The van der Waals surface area contributed by atoms with Gasteiger partial charge in [-0.15, -0.1) is 0 Å². The van der Waals surface area contributed by atoms with Crippen molar-refractivity contribution < 1.29 is 0 Å². The van der Waals surface area contributed by atoms with E-state index in [-0.39, 0.29) is 5.41 Å². The molecule has 8 bridgehead atoms. The maximum Gasteiger partial charge on any atom is 0.0726 e. The highest BCUT2D eigenvalue weighted by molar-refractivity contribution is 5.97. The Morgan fingerprint density at radius 1 is 0.667 bits per heavy atom. The molecule has 5 heterocycles. The minimum Gasteiger partial charge on any atom is -0.355 e. The van der Waals surface area contributed by atoms with E-state index in [0.29, 0.717) is 0 Å². The first-order chi connectivity index (χ1) is 18.6. The maximum atomic E-state index is 5.37. The van der Waals surface area contributed by atoms with Crippen molar-refractivity contribution in [3.8, 4) is 0 Å². The van der Waals surface area contributed by atoms with Crippen LogP contribution in [0.3, 0.4) is 0 Å². The molecule has 0 amide bonds. The summed E-state index contributed by atoms with van der Waals surface area (Å²) in [6.07, 6.45) is 4.97. The number of aromatic nitrogens is 4. The molecule has 6 rings (SSSR count). The van der Waals surface area contributed by atoms with Crippen LogP contribution in [-0.4, -0.2) is 19.9 Å². The summed E-state index contributed by atoms with van der Waals surface area (Å²) in [6.45, 7) is 20.5. The minimum absolute atomic E-state index is 0.159. The summed E-state index contributed by atoms with van der Waals surface area (Å²) < 4.78 is 0. The van der Waals surface area contributed by atoms with Gasteiger partial charge in [0.05, 0.1) is 22.8 Å². The number of rotatable bonds is 3. The van der Waals surface area contributed by atoms with Crippen LogP contribution in [-0.2, 0) is 19.3 Å². The highest BCUT2D eigenvalue weighted by Crippen LogP contribution is 2.48. The molecule has 0 unspecified atom stereocenters. The van der Waals surface area contributed by atoms with E-state index in [0.717, 1.165) is 60.2 Å². The fraction of sp³-hybridized carbons (Fsp3) is 0.429. The Hall–Kier alpha value is -3.40. The highest BCUT2D eigenvalue weighted by Gasteiger charge is 2.36. The van der Waals surface area contributed by atoms with Crippen LogP contribution in [0.25, 0.3) is 44.4 Å². The molecule has 39 heavy (non-hydrogen) atoms.